The monoisotopic (exact) mass is 373 g/mol. The number of nitrogens with two attached hydrogens (primary N) is 1. The van der Waals surface area contributed by atoms with E-state index in [2.05, 4.69) is 4.98 Å². The van der Waals surface area contributed by atoms with Crippen LogP contribution < -0.4 is 14.8 Å². The van der Waals surface area contributed by atoms with Gasteiger partial charge in [0.2, 0.25) is 10.0 Å². The van der Waals surface area contributed by atoms with Crippen LogP contribution in [0.4, 0.5) is 10.2 Å². The first-order chi connectivity index (χ1) is 11.3. The highest BCUT2D eigenvalue weighted by Crippen LogP contribution is 2.34. The number of nitrogens with zero attached hydrogens (tertiary/aromatic N) is 2. The number of primary sulfonamides is 1. The van der Waals surface area contributed by atoms with Crippen molar-refractivity contribution in [3.63, 3.8) is 0 Å². The summed E-state index contributed by atoms with van der Waals surface area (Å²) in [6.07, 6.45) is 0.685. The van der Waals surface area contributed by atoms with E-state index >= 15 is 0 Å². The second-order valence-corrected chi connectivity index (χ2v) is 7.95. The van der Waals surface area contributed by atoms with E-state index in [1.54, 1.807) is 12.1 Å². The molecule has 0 amide bonds. The second-order valence-electron chi connectivity index (χ2n) is 5.91. The van der Waals surface area contributed by atoms with Crippen LogP contribution in [0.2, 0.25) is 5.15 Å². The fourth-order valence-corrected chi connectivity index (χ4v) is 4.22. The first-order valence-corrected chi connectivity index (χ1v) is 9.45. The van der Waals surface area contributed by atoms with Gasteiger partial charge in [-0.25, -0.2) is 22.9 Å². The Hall–Kier alpha value is -1.64. The fourth-order valence-electron chi connectivity index (χ4n) is 3.09. The number of halogens is 2. The van der Waals surface area contributed by atoms with Gasteiger partial charge in [-0.1, -0.05) is 11.6 Å². The molecule has 1 fully saturated rings. The van der Waals surface area contributed by atoms with Crippen LogP contribution in [-0.2, 0) is 10.0 Å². The van der Waals surface area contributed by atoms with E-state index in [4.69, 9.17) is 21.5 Å². The van der Waals surface area contributed by atoms with Gasteiger partial charge < -0.3 is 9.64 Å². The summed E-state index contributed by atoms with van der Waals surface area (Å²) < 4.78 is 41.5. The maximum Gasteiger partial charge on any atom is 0.209 e. The minimum atomic E-state index is -3.52. The Morgan fingerprint density at radius 3 is 2.88 bits per heavy atom. The topological polar surface area (TPSA) is 85.5 Å². The molecule has 0 spiro atoms. The summed E-state index contributed by atoms with van der Waals surface area (Å²) in [7, 11) is -2.13. The molecule has 3 rings (SSSR count). The number of rotatable bonds is 4. The van der Waals surface area contributed by atoms with Crippen molar-refractivity contribution >= 4 is 38.2 Å². The van der Waals surface area contributed by atoms with Crippen LogP contribution in [0.1, 0.15) is 6.42 Å². The standard InChI is InChI=1S/C15H17ClFN3O3S/c1-23-13-6-11-10(4-12(13)17)5-14(16)19-15(11)20-3-2-9(7-20)8-24(18,21)22/h4-6,9H,2-3,7-8H2,1H3,(H2,18,21,22). The van der Waals surface area contributed by atoms with Crippen molar-refractivity contribution in [3.8, 4) is 5.75 Å². The van der Waals surface area contributed by atoms with Crippen LogP contribution in [0, 0.1) is 11.7 Å². The molecule has 0 radical (unpaired) electrons. The Morgan fingerprint density at radius 2 is 2.21 bits per heavy atom. The second kappa shape index (κ2) is 6.34. The van der Waals surface area contributed by atoms with Gasteiger partial charge in [0.05, 0.1) is 12.9 Å². The molecule has 1 aromatic heterocycles. The fraction of sp³-hybridized carbons (Fsp3) is 0.400. The van der Waals surface area contributed by atoms with Crippen LogP contribution in [0.3, 0.4) is 0 Å². The van der Waals surface area contributed by atoms with Crippen LogP contribution in [0.5, 0.6) is 5.75 Å². The molecule has 2 N–H and O–H groups in total. The normalized spacial score (nSPS) is 18.3. The number of pyridine rings is 1. The third kappa shape index (κ3) is 3.55. The van der Waals surface area contributed by atoms with Gasteiger partial charge in [-0.2, -0.15) is 0 Å². The van der Waals surface area contributed by atoms with Gasteiger partial charge in [0.1, 0.15) is 11.0 Å². The Morgan fingerprint density at radius 1 is 1.46 bits per heavy atom. The molecule has 1 aromatic carbocycles. The Balaban J connectivity index is 2.00. The molecule has 1 aliphatic heterocycles. The third-order valence-electron chi connectivity index (χ3n) is 4.11. The van der Waals surface area contributed by atoms with Crippen LogP contribution >= 0.6 is 11.6 Å². The Kier molecular flexibility index (Phi) is 4.54. The van der Waals surface area contributed by atoms with Crippen molar-refractivity contribution in [1.29, 1.82) is 0 Å². The third-order valence-corrected chi connectivity index (χ3v) is 5.24. The average Bonchev–Trinajstić information content (AvgIpc) is 2.91. The van der Waals surface area contributed by atoms with Gasteiger partial charge in [0.25, 0.3) is 0 Å². The molecular weight excluding hydrogens is 357 g/mol. The summed E-state index contributed by atoms with van der Waals surface area (Å²) in [5.74, 6) is 0.0886. The zero-order valence-electron chi connectivity index (χ0n) is 13.0. The van der Waals surface area contributed by atoms with Crippen LogP contribution in [-0.4, -0.2) is 39.4 Å². The summed E-state index contributed by atoms with van der Waals surface area (Å²) in [5.41, 5.74) is 0. The van der Waals surface area contributed by atoms with E-state index in [0.29, 0.717) is 36.1 Å². The maximum absolute atomic E-state index is 13.9. The van der Waals surface area contributed by atoms with E-state index < -0.39 is 15.8 Å². The van der Waals surface area contributed by atoms with Crippen molar-refractivity contribution < 1.29 is 17.5 Å². The molecule has 0 saturated carbocycles. The first-order valence-electron chi connectivity index (χ1n) is 7.36. The first kappa shape index (κ1) is 17.2. The SMILES string of the molecule is COc1cc2c(N3CCC(CS(N)(=O)=O)C3)nc(Cl)cc2cc1F. The number of aromatic nitrogens is 1. The lowest BCUT2D eigenvalue weighted by atomic mass is 10.1. The molecule has 9 heteroatoms. The number of fused-ring (bicyclic) bond motifs is 1. The van der Waals surface area contributed by atoms with E-state index in [-0.39, 0.29) is 22.6 Å². The summed E-state index contributed by atoms with van der Waals surface area (Å²) >= 11 is 6.06. The van der Waals surface area contributed by atoms with Gasteiger partial charge in [-0.15, -0.1) is 0 Å². The minimum absolute atomic E-state index is 0.0695. The average molecular weight is 374 g/mol. The lowest BCUT2D eigenvalue weighted by molar-refractivity contribution is 0.387. The van der Waals surface area contributed by atoms with E-state index in [9.17, 15) is 12.8 Å². The molecule has 1 saturated heterocycles. The minimum Gasteiger partial charge on any atom is -0.494 e. The number of methoxy groups -OCH3 is 1. The molecular formula is C15H17ClFN3O3S. The van der Waals surface area contributed by atoms with Crippen LogP contribution in [0.25, 0.3) is 10.8 Å². The number of sulfonamides is 1. The summed E-state index contributed by atoms with van der Waals surface area (Å²) in [6.45, 7) is 1.13. The molecule has 130 valence electrons. The highest BCUT2D eigenvalue weighted by Gasteiger charge is 2.28. The zero-order valence-corrected chi connectivity index (χ0v) is 14.6. The molecule has 1 aliphatic rings. The van der Waals surface area contributed by atoms with Gasteiger partial charge in [0.15, 0.2) is 11.6 Å². The Bertz CT molecular complexity index is 891. The van der Waals surface area contributed by atoms with Crippen molar-refractivity contribution in [1.82, 2.24) is 4.98 Å². The summed E-state index contributed by atoms with van der Waals surface area (Å²) in [5, 5.41) is 6.69. The number of hydrogen-bond acceptors (Lipinski definition) is 5. The highest BCUT2D eigenvalue weighted by molar-refractivity contribution is 7.89. The van der Waals surface area contributed by atoms with Gasteiger partial charge in [-0.05, 0) is 35.9 Å². The summed E-state index contributed by atoms with van der Waals surface area (Å²) in [4.78, 5) is 6.30. The highest BCUT2D eigenvalue weighted by atomic mass is 35.5. The summed E-state index contributed by atoms with van der Waals surface area (Å²) in [6, 6.07) is 4.51. The molecule has 2 aromatic rings. The van der Waals surface area contributed by atoms with Crippen molar-refractivity contribution in [2.75, 3.05) is 30.9 Å². The number of ether oxygens (including phenoxy) is 1. The molecule has 2 heterocycles. The molecule has 6 nitrogen and oxygen atoms in total. The van der Waals surface area contributed by atoms with Crippen molar-refractivity contribution in [2.45, 2.75) is 6.42 Å². The zero-order chi connectivity index (χ0) is 17.5. The molecule has 0 aliphatic carbocycles. The van der Waals surface area contributed by atoms with E-state index in [1.165, 1.54) is 13.2 Å². The molecule has 0 bridgehead atoms. The maximum atomic E-state index is 13.9. The van der Waals surface area contributed by atoms with E-state index in [0.717, 1.165) is 0 Å². The van der Waals surface area contributed by atoms with Gasteiger partial charge in [-0.3, -0.25) is 0 Å². The largest absolute Gasteiger partial charge is 0.494 e. The smallest absolute Gasteiger partial charge is 0.209 e. The van der Waals surface area contributed by atoms with Crippen molar-refractivity contribution in [3.05, 3.63) is 29.2 Å². The number of benzene rings is 1. The lowest BCUT2D eigenvalue weighted by Gasteiger charge is -2.20. The lowest BCUT2D eigenvalue weighted by Crippen LogP contribution is -2.26. The predicted molar refractivity (Wildman–Crippen MR) is 91.6 cm³/mol. The van der Waals surface area contributed by atoms with Gasteiger partial charge >= 0.3 is 0 Å². The molecule has 1 unspecified atom stereocenters. The quantitative estimate of drug-likeness (QED) is 0.830. The van der Waals surface area contributed by atoms with Crippen molar-refractivity contribution in [2.24, 2.45) is 11.1 Å². The number of hydrogen-bond donors (Lipinski definition) is 1. The predicted octanol–water partition coefficient (Wildman–Crippen LogP) is 2.15. The van der Waals surface area contributed by atoms with E-state index in [1.807, 2.05) is 4.90 Å². The van der Waals surface area contributed by atoms with Gasteiger partial charge in [0, 0.05) is 18.5 Å². The van der Waals surface area contributed by atoms with Crippen LogP contribution in [0.15, 0.2) is 18.2 Å². The molecule has 1 atom stereocenters. The molecule has 24 heavy (non-hydrogen) atoms. The number of anilines is 1. The Labute approximate surface area is 144 Å².